The third-order valence-electron chi connectivity index (χ3n) is 6.76. The Morgan fingerprint density at radius 1 is 0.680 bits per heavy atom. The molecule has 0 amide bonds. The molecule has 25 heavy (non-hydrogen) atoms. The van der Waals surface area contributed by atoms with Crippen molar-refractivity contribution >= 4 is 14.0 Å². The smallest absolute Gasteiger partial charge is 0.405 e. The Kier molecular flexibility index (Phi) is 5.57. The highest BCUT2D eigenvalue weighted by atomic mass is 16.7. The number of hydrogen-bond donors (Lipinski definition) is 0. The highest BCUT2D eigenvalue weighted by Crippen LogP contribution is 2.46. The average Bonchev–Trinajstić information content (AvgIpc) is 2.79. The largest absolute Gasteiger partial charge is 0.488 e. The summed E-state index contributed by atoms with van der Waals surface area (Å²) in [6.45, 7) is 21.5. The van der Waals surface area contributed by atoms with E-state index < -0.39 is 14.0 Å². The molecule has 6 heteroatoms. The van der Waals surface area contributed by atoms with Gasteiger partial charge in [-0.3, -0.25) is 0 Å². The van der Waals surface area contributed by atoms with Gasteiger partial charge in [-0.2, -0.15) is 0 Å². The first-order valence-electron chi connectivity index (χ1n) is 9.86. The van der Waals surface area contributed by atoms with E-state index in [2.05, 4.69) is 69.2 Å². The molecule has 4 nitrogen and oxygen atoms in total. The molecule has 0 aromatic heterocycles. The summed E-state index contributed by atoms with van der Waals surface area (Å²) < 4.78 is 25.0. The van der Waals surface area contributed by atoms with E-state index in [1.807, 2.05) is 0 Å². The zero-order chi connectivity index (χ0) is 19.3. The van der Waals surface area contributed by atoms with Gasteiger partial charge in [0.25, 0.3) is 0 Å². The van der Waals surface area contributed by atoms with Crippen LogP contribution >= 0.6 is 0 Å². The molecule has 0 radical (unpaired) electrons. The predicted molar refractivity (Wildman–Crippen MR) is 104 cm³/mol. The van der Waals surface area contributed by atoms with Gasteiger partial charge < -0.3 is 18.6 Å². The van der Waals surface area contributed by atoms with Crippen molar-refractivity contribution in [2.75, 3.05) is 0 Å². The quantitative estimate of drug-likeness (QED) is 0.642. The lowest BCUT2D eigenvalue weighted by atomic mass is 9.49. The second-order valence-electron chi connectivity index (χ2n) is 10.4. The lowest BCUT2D eigenvalue weighted by Gasteiger charge is -2.39. The fourth-order valence-corrected chi connectivity index (χ4v) is 3.69. The van der Waals surface area contributed by atoms with E-state index in [-0.39, 0.29) is 22.4 Å². The zero-order valence-corrected chi connectivity index (χ0v) is 18.1. The summed E-state index contributed by atoms with van der Waals surface area (Å²) >= 11 is 0. The summed E-state index contributed by atoms with van der Waals surface area (Å²) in [6.07, 6.45) is 4.51. The molecule has 2 rings (SSSR count). The Morgan fingerprint density at radius 2 is 1.12 bits per heavy atom. The Bertz CT molecular complexity index is 474. The Hall–Kier alpha value is -0.0301. The van der Waals surface area contributed by atoms with E-state index in [0.717, 1.165) is 12.8 Å². The van der Waals surface area contributed by atoms with Crippen LogP contribution < -0.4 is 0 Å². The van der Waals surface area contributed by atoms with Crippen LogP contribution in [0.5, 0.6) is 0 Å². The van der Waals surface area contributed by atoms with Crippen LogP contribution in [0, 0.1) is 5.41 Å². The molecule has 2 saturated heterocycles. The maximum atomic E-state index is 6.44. The van der Waals surface area contributed by atoms with Crippen LogP contribution in [0.2, 0.25) is 0 Å². The van der Waals surface area contributed by atoms with Crippen molar-refractivity contribution in [2.45, 2.75) is 117 Å². The van der Waals surface area contributed by atoms with Crippen LogP contribution in [0.1, 0.15) is 94.9 Å². The topological polar surface area (TPSA) is 36.9 Å². The van der Waals surface area contributed by atoms with E-state index in [4.69, 9.17) is 18.6 Å². The van der Waals surface area contributed by atoms with Crippen molar-refractivity contribution in [3.8, 4) is 0 Å². The summed E-state index contributed by atoms with van der Waals surface area (Å²) in [4.78, 5) is 0. The second kappa shape index (κ2) is 6.54. The van der Waals surface area contributed by atoms with E-state index in [1.54, 1.807) is 0 Å². The highest BCUT2D eigenvalue weighted by Gasteiger charge is 2.64. The summed E-state index contributed by atoms with van der Waals surface area (Å²) in [5, 5.41) is 0. The van der Waals surface area contributed by atoms with Gasteiger partial charge >= 0.3 is 14.0 Å². The Labute approximate surface area is 156 Å². The van der Waals surface area contributed by atoms with Gasteiger partial charge in [0.2, 0.25) is 0 Å². The first kappa shape index (κ1) is 21.3. The molecule has 0 aromatic carbocycles. The van der Waals surface area contributed by atoms with Gasteiger partial charge in [-0.15, -0.1) is 0 Å². The van der Waals surface area contributed by atoms with Gasteiger partial charge in [0.05, 0.1) is 22.4 Å². The fraction of sp³-hybridized carbons (Fsp3) is 1.00. The molecular weight excluding hydrogens is 314 g/mol. The van der Waals surface area contributed by atoms with Gasteiger partial charge in [-0.05, 0) is 73.1 Å². The van der Waals surface area contributed by atoms with Crippen LogP contribution in [0.25, 0.3) is 0 Å². The molecule has 0 saturated carbocycles. The van der Waals surface area contributed by atoms with Crippen LogP contribution in [0.15, 0.2) is 0 Å². The standard InChI is InChI=1S/C19H38B2O4/c1-11-12-15(2,3)13-14-19(10)18(8,9)24-21(25-19)20-22-16(4,5)17(6,7)23-20/h11-14H2,1-10H3. The third kappa shape index (κ3) is 4.12. The van der Waals surface area contributed by atoms with Gasteiger partial charge in [-0.1, -0.05) is 27.2 Å². The monoisotopic (exact) mass is 352 g/mol. The normalized spacial score (nSPS) is 31.0. The predicted octanol–water partition coefficient (Wildman–Crippen LogP) is 4.84. The minimum Gasteiger partial charge on any atom is -0.405 e. The fourth-order valence-electron chi connectivity index (χ4n) is 3.69. The molecule has 0 N–H and O–H groups in total. The first-order valence-corrected chi connectivity index (χ1v) is 9.86. The molecule has 0 bridgehead atoms. The minimum atomic E-state index is -0.491. The molecule has 0 aromatic rings. The van der Waals surface area contributed by atoms with Gasteiger partial charge in [0.1, 0.15) is 0 Å². The molecule has 2 fully saturated rings. The van der Waals surface area contributed by atoms with Crippen molar-refractivity contribution in [1.82, 2.24) is 0 Å². The molecular formula is C19H38B2O4. The van der Waals surface area contributed by atoms with Gasteiger partial charge in [0.15, 0.2) is 0 Å². The zero-order valence-electron chi connectivity index (χ0n) is 18.1. The van der Waals surface area contributed by atoms with Crippen LogP contribution in [0.4, 0.5) is 0 Å². The van der Waals surface area contributed by atoms with Crippen molar-refractivity contribution in [2.24, 2.45) is 5.41 Å². The van der Waals surface area contributed by atoms with Gasteiger partial charge in [-0.25, -0.2) is 0 Å². The molecule has 0 aliphatic carbocycles. The lowest BCUT2D eigenvalue weighted by Crippen LogP contribution is -2.45. The summed E-state index contributed by atoms with van der Waals surface area (Å²) in [5.74, 6) is 0. The molecule has 2 aliphatic rings. The maximum absolute atomic E-state index is 6.44. The molecule has 1 unspecified atom stereocenters. The molecule has 1 atom stereocenters. The molecule has 144 valence electrons. The molecule has 0 spiro atoms. The van der Waals surface area contributed by atoms with Gasteiger partial charge in [0, 0.05) is 0 Å². The van der Waals surface area contributed by atoms with Crippen molar-refractivity contribution in [3.05, 3.63) is 0 Å². The van der Waals surface area contributed by atoms with E-state index in [9.17, 15) is 0 Å². The Balaban J connectivity index is 2.08. The van der Waals surface area contributed by atoms with E-state index in [0.29, 0.717) is 5.41 Å². The van der Waals surface area contributed by atoms with Crippen LogP contribution in [0.3, 0.4) is 0 Å². The first-order chi connectivity index (χ1) is 11.1. The van der Waals surface area contributed by atoms with E-state index >= 15 is 0 Å². The number of hydrogen-bond acceptors (Lipinski definition) is 4. The average molecular weight is 352 g/mol. The lowest BCUT2D eigenvalue weighted by molar-refractivity contribution is -0.0235. The summed E-state index contributed by atoms with van der Waals surface area (Å²) in [7, 11) is -0.981. The third-order valence-corrected chi connectivity index (χ3v) is 6.76. The SMILES string of the molecule is CCCC(C)(C)CCC1(C)OB(B2OC(C)(C)C(C)(C)O2)OC1(C)C. The highest BCUT2D eigenvalue weighted by molar-refractivity contribution is 7.11. The van der Waals surface area contributed by atoms with Crippen molar-refractivity contribution in [1.29, 1.82) is 0 Å². The summed E-state index contributed by atoms with van der Waals surface area (Å²) in [5.41, 5.74) is -1.18. The van der Waals surface area contributed by atoms with Crippen LogP contribution in [-0.2, 0) is 18.6 Å². The van der Waals surface area contributed by atoms with E-state index in [1.165, 1.54) is 12.8 Å². The minimum absolute atomic E-state index is 0.319. The molecule has 2 aliphatic heterocycles. The van der Waals surface area contributed by atoms with Crippen LogP contribution in [-0.4, -0.2) is 36.4 Å². The van der Waals surface area contributed by atoms with Crippen molar-refractivity contribution in [3.63, 3.8) is 0 Å². The molecule has 2 heterocycles. The number of rotatable bonds is 6. The summed E-state index contributed by atoms with van der Waals surface area (Å²) in [6, 6.07) is 0. The Morgan fingerprint density at radius 3 is 1.60 bits per heavy atom. The maximum Gasteiger partial charge on any atom is 0.488 e. The second-order valence-corrected chi connectivity index (χ2v) is 10.4. The van der Waals surface area contributed by atoms with Crippen molar-refractivity contribution < 1.29 is 18.6 Å².